The molecule has 0 spiro atoms. The number of nitrogens with zero attached hydrogens (tertiary/aromatic N) is 3. The highest BCUT2D eigenvalue weighted by molar-refractivity contribution is 5.98. The third-order valence-corrected chi connectivity index (χ3v) is 4.80. The van der Waals surface area contributed by atoms with Crippen LogP contribution in [-0.4, -0.2) is 38.6 Å². The van der Waals surface area contributed by atoms with Crippen LogP contribution in [0, 0.1) is 5.92 Å². The van der Waals surface area contributed by atoms with E-state index in [0.717, 1.165) is 30.7 Å². The maximum absolute atomic E-state index is 12.4. The minimum Gasteiger partial charge on any atom is -0.345 e. The first kappa shape index (κ1) is 14.1. The maximum atomic E-state index is 12.4. The number of carbonyl (C=O) groups is 2. The minimum atomic E-state index is -0.716. The van der Waals surface area contributed by atoms with E-state index in [0.29, 0.717) is 6.54 Å². The van der Waals surface area contributed by atoms with Gasteiger partial charge in [0.15, 0.2) is 0 Å². The van der Waals surface area contributed by atoms with Gasteiger partial charge >= 0.3 is 0 Å². The number of aromatic nitrogens is 2. The Hall–Kier alpha value is -1.85. The molecule has 1 aromatic heterocycles. The van der Waals surface area contributed by atoms with Crippen LogP contribution in [0.2, 0.25) is 0 Å². The average Bonchev–Trinajstić information content (AvgIpc) is 3.25. The van der Waals surface area contributed by atoms with Gasteiger partial charge in [-0.3, -0.25) is 14.3 Å². The molecule has 1 atom stereocenters. The Labute approximate surface area is 124 Å². The molecule has 6 heteroatoms. The summed E-state index contributed by atoms with van der Waals surface area (Å²) in [5, 5.41) is 7.16. The van der Waals surface area contributed by atoms with E-state index in [2.05, 4.69) is 17.3 Å². The van der Waals surface area contributed by atoms with Gasteiger partial charge in [0.1, 0.15) is 5.54 Å². The summed E-state index contributed by atoms with van der Waals surface area (Å²) in [6, 6.07) is 2.02. The van der Waals surface area contributed by atoms with E-state index in [-0.39, 0.29) is 24.3 Å². The lowest BCUT2D eigenvalue weighted by atomic mass is 9.89. The number of hydrogen-bond acceptors (Lipinski definition) is 3. The molecule has 3 rings (SSSR count). The van der Waals surface area contributed by atoms with Gasteiger partial charge in [-0.2, -0.15) is 5.10 Å². The molecule has 2 amide bonds. The van der Waals surface area contributed by atoms with Gasteiger partial charge in [0, 0.05) is 7.05 Å². The van der Waals surface area contributed by atoms with Crippen molar-refractivity contribution in [1.82, 2.24) is 20.0 Å². The number of rotatable bonds is 4. The number of piperazine rings is 1. The molecule has 6 nitrogen and oxygen atoms in total. The van der Waals surface area contributed by atoms with Crippen LogP contribution in [0.25, 0.3) is 0 Å². The fourth-order valence-electron chi connectivity index (χ4n) is 3.17. The van der Waals surface area contributed by atoms with Crippen molar-refractivity contribution in [3.05, 3.63) is 17.5 Å². The summed E-state index contributed by atoms with van der Waals surface area (Å²) >= 11 is 0. The van der Waals surface area contributed by atoms with Crippen molar-refractivity contribution in [3.63, 3.8) is 0 Å². The highest BCUT2D eigenvalue weighted by Crippen LogP contribution is 2.44. The van der Waals surface area contributed by atoms with Crippen molar-refractivity contribution < 1.29 is 9.59 Å². The van der Waals surface area contributed by atoms with E-state index in [1.54, 1.807) is 4.90 Å². The lowest BCUT2D eigenvalue weighted by Gasteiger charge is -2.43. The zero-order valence-electron chi connectivity index (χ0n) is 12.8. The molecule has 1 N–H and O–H groups in total. The fraction of sp³-hybridized carbons (Fsp3) is 0.667. The summed E-state index contributed by atoms with van der Waals surface area (Å²) in [6.07, 6.45) is 2.89. The predicted molar refractivity (Wildman–Crippen MR) is 77.3 cm³/mol. The fourth-order valence-corrected chi connectivity index (χ4v) is 3.17. The maximum Gasteiger partial charge on any atom is 0.246 e. The quantitative estimate of drug-likeness (QED) is 0.883. The topological polar surface area (TPSA) is 67.2 Å². The standard InChI is InChI=1S/C15H22N4O2/c1-4-11-7-12(18(3)17-11)9-19-13(20)8-16-14(21)15(19,2)10-5-6-10/h7,10H,4-6,8-9H2,1-3H3,(H,16,21). The molecule has 1 aromatic rings. The van der Waals surface area contributed by atoms with Crippen molar-refractivity contribution in [2.45, 2.75) is 45.2 Å². The molecular formula is C15H22N4O2. The molecule has 0 radical (unpaired) electrons. The summed E-state index contributed by atoms with van der Waals surface area (Å²) < 4.78 is 1.81. The molecule has 2 heterocycles. The second-order valence-electron chi connectivity index (χ2n) is 6.19. The molecule has 1 saturated heterocycles. The molecule has 114 valence electrons. The Morgan fingerprint density at radius 1 is 1.43 bits per heavy atom. The van der Waals surface area contributed by atoms with Crippen LogP contribution >= 0.6 is 0 Å². The SMILES string of the molecule is CCc1cc(CN2C(=O)CNC(=O)C2(C)C2CC2)n(C)n1. The first-order chi connectivity index (χ1) is 9.96. The second kappa shape index (κ2) is 4.86. The van der Waals surface area contributed by atoms with E-state index in [4.69, 9.17) is 0 Å². The third kappa shape index (κ3) is 2.22. The first-order valence-corrected chi connectivity index (χ1v) is 7.57. The van der Waals surface area contributed by atoms with Crippen LogP contribution in [0.5, 0.6) is 0 Å². The molecule has 1 aliphatic heterocycles. The smallest absolute Gasteiger partial charge is 0.246 e. The molecule has 2 aliphatic rings. The Balaban J connectivity index is 1.91. The number of carbonyl (C=O) groups excluding carboxylic acids is 2. The van der Waals surface area contributed by atoms with Crippen LogP contribution in [-0.2, 0) is 29.6 Å². The van der Waals surface area contributed by atoms with Gasteiger partial charge in [-0.05, 0) is 38.2 Å². The van der Waals surface area contributed by atoms with Gasteiger partial charge in [0.05, 0.1) is 24.5 Å². The van der Waals surface area contributed by atoms with Crippen LogP contribution in [0.3, 0.4) is 0 Å². The van der Waals surface area contributed by atoms with Gasteiger partial charge in [-0.25, -0.2) is 0 Å². The third-order valence-electron chi connectivity index (χ3n) is 4.80. The molecule has 1 aliphatic carbocycles. The molecule has 1 unspecified atom stereocenters. The van der Waals surface area contributed by atoms with Gasteiger partial charge < -0.3 is 10.2 Å². The largest absolute Gasteiger partial charge is 0.345 e. The molecule has 21 heavy (non-hydrogen) atoms. The van der Waals surface area contributed by atoms with Crippen LogP contribution in [0.4, 0.5) is 0 Å². The second-order valence-corrected chi connectivity index (χ2v) is 6.19. The summed E-state index contributed by atoms with van der Waals surface area (Å²) in [6.45, 7) is 4.50. The van der Waals surface area contributed by atoms with Crippen molar-refractivity contribution in [3.8, 4) is 0 Å². The van der Waals surface area contributed by atoms with Crippen molar-refractivity contribution in [1.29, 1.82) is 0 Å². The van der Waals surface area contributed by atoms with Gasteiger partial charge in [-0.15, -0.1) is 0 Å². The normalized spacial score (nSPS) is 26.1. The van der Waals surface area contributed by atoms with Crippen molar-refractivity contribution in [2.75, 3.05) is 6.54 Å². The van der Waals surface area contributed by atoms with Gasteiger partial charge in [0.2, 0.25) is 11.8 Å². The highest BCUT2D eigenvalue weighted by atomic mass is 16.2. The van der Waals surface area contributed by atoms with E-state index in [9.17, 15) is 9.59 Å². The van der Waals surface area contributed by atoms with E-state index in [1.807, 2.05) is 24.7 Å². The van der Waals surface area contributed by atoms with E-state index >= 15 is 0 Å². The van der Waals surface area contributed by atoms with Crippen LogP contribution in [0.1, 0.15) is 38.1 Å². The number of amides is 2. The van der Waals surface area contributed by atoms with E-state index < -0.39 is 5.54 Å². The zero-order valence-corrected chi connectivity index (χ0v) is 12.8. The average molecular weight is 290 g/mol. The minimum absolute atomic E-state index is 0.0109. The Morgan fingerprint density at radius 2 is 2.14 bits per heavy atom. The van der Waals surface area contributed by atoms with Crippen LogP contribution in [0.15, 0.2) is 6.07 Å². The molecule has 0 aromatic carbocycles. The Bertz CT molecular complexity index is 590. The summed E-state index contributed by atoms with van der Waals surface area (Å²) in [5.74, 6) is 0.242. The number of nitrogens with one attached hydrogen (secondary N) is 1. The highest BCUT2D eigenvalue weighted by Gasteiger charge is 2.54. The molecule has 1 saturated carbocycles. The van der Waals surface area contributed by atoms with Crippen molar-refractivity contribution >= 4 is 11.8 Å². The summed E-state index contributed by atoms with van der Waals surface area (Å²) in [4.78, 5) is 26.5. The Morgan fingerprint density at radius 3 is 2.71 bits per heavy atom. The lowest BCUT2D eigenvalue weighted by molar-refractivity contribution is -0.155. The first-order valence-electron chi connectivity index (χ1n) is 7.57. The predicted octanol–water partition coefficient (Wildman–Crippen LogP) is 0.610. The Kier molecular flexibility index (Phi) is 3.26. The molecule has 2 fully saturated rings. The molecular weight excluding hydrogens is 268 g/mol. The number of aryl methyl sites for hydroxylation is 2. The van der Waals surface area contributed by atoms with Gasteiger partial charge in [-0.1, -0.05) is 6.92 Å². The van der Waals surface area contributed by atoms with Gasteiger partial charge in [0.25, 0.3) is 0 Å². The zero-order chi connectivity index (χ0) is 15.2. The monoisotopic (exact) mass is 290 g/mol. The summed E-state index contributed by atoms with van der Waals surface area (Å²) in [5.41, 5.74) is 1.27. The number of hydrogen-bond donors (Lipinski definition) is 1. The lowest BCUT2D eigenvalue weighted by Crippen LogP contribution is -2.66. The van der Waals surface area contributed by atoms with E-state index in [1.165, 1.54) is 0 Å². The summed E-state index contributed by atoms with van der Waals surface area (Å²) in [7, 11) is 1.89. The van der Waals surface area contributed by atoms with Crippen molar-refractivity contribution in [2.24, 2.45) is 13.0 Å². The molecule has 0 bridgehead atoms. The van der Waals surface area contributed by atoms with Crippen LogP contribution < -0.4 is 5.32 Å².